The largest absolute Gasteiger partial charge is 0.348 e. The molecule has 196 valence electrons. The first-order valence-corrected chi connectivity index (χ1v) is 13.5. The Labute approximate surface area is 232 Å². The Morgan fingerprint density at radius 3 is 2.53 bits per heavy atom. The van der Waals surface area contributed by atoms with E-state index in [0.717, 1.165) is 55.1 Å². The molecule has 0 spiro atoms. The van der Waals surface area contributed by atoms with Gasteiger partial charge in [0.15, 0.2) is 0 Å². The lowest BCUT2D eigenvalue weighted by molar-refractivity contribution is 0.0951. The van der Waals surface area contributed by atoms with Crippen LogP contribution < -0.4 is 5.32 Å². The summed E-state index contributed by atoms with van der Waals surface area (Å²) < 4.78 is 0. The molecule has 1 unspecified atom stereocenters. The van der Waals surface area contributed by atoms with E-state index in [1.807, 2.05) is 31.3 Å². The number of nitrogens with one attached hydrogen (secondary N) is 2. The molecule has 2 N–H and O–H groups in total. The van der Waals surface area contributed by atoms with Crippen LogP contribution in [0.4, 0.5) is 0 Å². The number of benzene rings is 1. The third kappa shape index (κ3) is 5.90. The van der Waals surface area contributed by atoms with Crippen molar-refractivity contribution in [2.45, 2.75) is 58.8 Å². The van der Waals surface area contributed by atoms with Crippen LogP contribution in [0.5, 0.6) is 0 Å². The summed E-state index contributed by atoms with van der Waals surface area (Å²) in [7, 11) is 0. The second-order valence-electron chi connectivity index (χ2n) is 9.73. The number of imidazole rings is 1. The van der Waals surface area contributed by atoms with E-state index >= 15 is 0 Å². The Morgan fingerprint density at radius 2 is 1.82 bits per heavy atom. The number of carbonyl (C=O) groups is 1. The van der Waals surface area contributed by atoms with Gasteiger partial charge in [-0.1, -0.05) is 53.5 Å². The first kappa shape index (κ1) is 26.4. The molecule has 7 nitrogen and oxygen atoms in total. The first-order chi connectivity index (χ1) is 18.4. The van der Waals surface area contributed by atoms with Crippen molar-refractivity contribution in [2.75, 3.05) is 0 Å². The molecule has 9 heteroatoms. The van der Waals surface area contributed by atoms with Gasteiger partial charge in [-0.05, 0) is 55.9 Å². The van der Waals surface area contributed by atoms with Gasteiger partial charge in [-0.2, -0.15) is 0 Å². The van der Waals surface area contributed by atoms with Crippen LogP contribution in [-0.4, -0.2) is 30.7 Å². The number of H-pyrrole nitrogens is 1. The molecule has 1 aliphatic carbocycles. The monoisotopic (exact) mass is 548 g/mol. The van der Waals surface area contributed by atoms with Crippen molar-refractivity contribution in [1.82, 2.24) is 30.2 Å². The number of pyridine rings is 2. The Bertz CT molecular complexity index is 1420. The molecule has 1 aromatic carbocycles. The summed E-state index contributed by atoms with van der Waals surface area (Å²) in [6, 6.07) is 12.8. The summed E-state index contributed by atoms with van der Waals surface area (Å²) >= 11 is 12.2. The summed E-state index contributed by atoms with van der Waals surface area (Å²) in [4.78, 5) is 31.9. The standard InChI is InChI=1S/C29H30Cl2N6O/c1-18-25(36-19(2)35-18)17-37(26-7-3-5-22-6-4-12-33-28(22)26)16-21-10-8-20(9-11-21)13-34-29(38)27-23(30)14-32-15-24(27)31/h4,6,8-12,14-15,26H,3,5,7,13,16-17H2,1-2H3,(H,34,38)(H,35,36). The van der Waals surface area contributed by atoms with Crippen LogP contribution >= 0.6 is 23.2 Å². The Morgan fingerprint density at radius 1 is 1.08 bits per heavy atom. The van der Waals surface area contributed by atoms with Crippen LogP contribution in [0.2, 0.25) is 10.0 Å². The Balaban J connectivity index is 1.32. The summed E-state index contributed by atoms with van der Waals surface area (Å²) in [6.07, 6.45) is 8.00. The van der Waals surface area contributed by atoms with Crippen molar-refractivity contribution in [3.63, 3.8) is 0 Å². The minimum Gasteiger partial charge on any atom is -0.348 e. The molecule has 1 atom stereocenters. The summed E-state index contributed by atoms with van der Waals surface area (Å²) in [5.41, 5.74) is 7.09. The summed E-state index contributed by atoms with van der Waals surface area (Å²) in [6.45, 7) is 5.94. The van der Waals surface area contributed by atoms with Crippen LogP contribution in [0.25, 0.3) is 0 Å². The predicted octanol–water partition coefficient (Wildman–Crippen LogP) is 6.13. The van der Waals surface area contributed by atoms with Gasteiger partial charge in [0.25, 0.3) is 5.91 Å². The van der Waals surface area contributed by atoms with Crippen LogP contribution in [0.1, 0.15) is 68.8 Å². The maximum Gasteiger partial charge on any atom is 0.254 e. The highest BCUT2D eigenvalue weighted by molar-refractivity contribution is 6.39. The fraction of sp³-hybridized carbons (Fsp3) is 0.310. The molecule has 38 heavy (non-hydrogen) atoms. The second-order valence-corrected chi connectivity index (χ2v) is 10.5. The van der Waals surface area contributed by atoms with Gasteiger partial charge in [0.1, 0.15) is 5.82 Å². The van der Waals surface area contributed by atoms with E-state index in [1.54, 1.807) is 0 Å². The zero-order valence-corrected chi connectivity index (χ0v) is 23.0. The number of aryl methyl sites for hydroxylation is 3. The molecule has 5 rings (SSSR count). The molecule has 1 aliphatic rings. The van der Waals surface area contributed by atoms with Gasteiger partial charge in [-0.25, -0.2) is 4.98 Å². The Hall–Kier alpha value is -3.26. The van der Waals surface area contributed by atoms with E-state index in [1.165, 1.54) is 29.2 Å². The van der Waals surface area contributed by atoms with Crippen LogP contribution in [0.15, 0.2) is 55.0 Å². The molecule has 0 fully saturated rings. The molecular formula is C29H30Cl2N6O. The highest BCUT2D eigenvalue weighted by Gasteiger charge is 2.28. The van der Waals surface area contributed by atoms with Gasteiger partial charge in [-0.15, -0.1) is 0 Å². The lowest BCUT2D eigenvalue weighted by Crippen LogP contribution is -2.31. The number of nitrogens with zero attached hydrogens (tertiary/aromatic N) is 4. The lowest BCUT2D eigenvalue weighted by atomic mass is 9.90. The van der Waals surface area contributed by atoms with Gasteiger partial charge < -0.3 is 10.3 Å². The van der Waals surface area contributed by atoms with E-state index in [2.05, 4.69) is 45.3 Å². The van der Waals surface area contributed by atoms with Crippen LogP contribution in [0.3, 0.4) is 0 Å². The fourth-order valence-corrected chi connectivity index (χ4v) is 5.65. The number of halogens is 2. The van der Waals surface area contributed by atoms with Crippen molar-refractivity contribution in [3.05, 3.63) is 110 Å². The molecule has 3 heterocycles. The van der Waals surface area contributed by atoms with E-state index in [-0.39, 0.29) is 27.6 Å². The minimum absolute atomic E-state index is 0.227. The number of hydrogen-bond acceptors (Lipinski definition) is 5. The normalized spacial score (nSPS) is 14.9. The minimum atomic E-state index is -0.328. The number of amides is 1. The number of rotatable bonds is 8. The summed E-state index contributed by atoms with van der Waals surface area (Å²) in [5.74, 6) is 0.603. The number of aromatic amines is 1. The molecule has 0 saturated carbocycles. The van der Waals surface area contributed by atoms with E-state index < -0.39 is 0 Å². The van der Waals surface area contributed by atoms with Gasteiger partial charge in [-0.3, -0.25) is 19.7 Å². The quantitative estimate of drug-likeness (QED) is 0.276. The average molecular weight is 550 g/mol. The molecule has 0 bridgehead atoms. The highest BCUT2D eigenvalue weighted by Crippen LogP contribution is 2.35. The Kier molecular flexibility index (Phi) is 8.07. The molecule has 4 aromatic rings. The number of carbonyl (C=O) groups excluding carboxylic acids is 1. The number of aromatic nitrogens is 4. The second kappa shape index (κ2) is 11.6. The molecule has 0 aliphatic heterocycles. The van der Waals surface area contributed by atoms with Gasteiger partial charge >= 0.3 is 0 Å². The molecule has 3 aromatic heterocycles. The third-order valence-electron chi connectivity index (χ3n) is 7.01. The van der Waals surface area contributed by atoms with E-state index in [4.69, 9.17) is 33.2 Å². The maximum absolute atomic E-state index is 12.6. The smallest absolute Gasteiger partial charge is 0.254 e. The van der Waals surface area contributed by atoms with Gasteiger partial charge in [0.05, 0.1) is 33.0 Å². The number of fused-ring (bicyclic) bond motifs is 1. The van der Waals surface area contributed by atoms with E-state index in [9.17, 15) is 4.79 Å². The van der Waals surface area contributed by atoms with Crippen LogP contribution in [-0.2, 0) is 26.1 Å². The summed E-state index contributed by atoms with van der Waals surface area (Å²) in [5, 5.41) is 3.35. The first-order valence-electron chi connectivity index (χ1n) is 12.7. The zero-order valence-electron chi connectivity index (χ0n) is 21.5. The fourth-order valence-electron chi connectivity index (χ4n) is 5.12. The number of hydrogen-bond donors (Lipinski definition) is 2. The lowest BCUT2D eigenvalue weighted by Gasteiger charge is -2.35. The van der Waals surface area contributed by atoms with Crippen molar-refractivity contribution < 1.29 is 4.79 Å². The van der Waals surface area contributed by atoms with Crippen molar-refractivity contribution >= 4 is 29.1 Å². The van der Waals surface area contributed by atoms with E-state index in [0.29, 0.717) is 6.54 Å². The van der Waals surface area contributed by atoms with Crippen molar-refractivity contribution in [2.24, 2.45) is 0 Å². The SMILES string of the molecule is Cc1nc(CN(Cc2ccc(CNC(=O)c3c(Cl)cncc3Cl)cc2)C2CCCc3cccnc32)c(C)[nH]1. The van der Waals surface area contributed by atoms with Crippen LogP contribution in [0, 0.1) is 13.8 Å². The zero-order chi connectivity index (χ0) is 26.6. The highest BCUT2D eigenvalue weighted by atomic mass is 35.5. The van der Waals surface area contributed by atoms with Crippen molar-refractivity contribution in [1.29, 1.82) is 0 Å². The van der Waals surface area contributed by atoms with Crippen molar-refractivity contribution in [3.8, 4) is 0 Å². The van der Waals surface area contributed by atoms with Gasteiger partial charge in [0, 0.05) is 43.9 Å². The average Bonchev–Trinajstić information content (AvgIpc) is 3.23. The molecule has 0 radical (unpaired) electrons. The van der Waals surface area contributed by atoms with Gasteiger partial charge in [0.2, 0.25) is 0 Å². The third-order valence-corrected chi connectivity index (χ3v) is 7.58. The molecule has 1 amide bonds. The molecular weight excluding hydrogens is 519 g/mol. The maximum atomic E-state index is 12.6. The topological polar surface area (TPSA) is 86.8 Å². The predicted molar refractivity (Wildman–Crippen MR) is 149 cm³/mol. The molecule has 0 saturated heterocycles.